The minimum Gasteiger partial charge on any atom is -0.446 e. The molecule has 1 aliphatic heterocycles. The molecule has 1 aromatic rings. The van der Waals surface area contributed by atoms with E-state index in [9.17, 15) is 4.79 Å². The molecule has 4 heteroatoms. The summed E-state index contributed by atoms with van der Waals surface area (Å²) in [4.78, 5) is 17.9. The number of aryl methyl sites for hydroxylation is 1. The zero-order valence-electron chi connectivity index (χ0n) is 14.5. The normalized spacial score (nSPS) is 17.0. The molecule has 0 radical (unpaired) electrons. The molecule has 2 heterocycles. The van der Waals surface area contributed by atoms with Gasteiger partial charge in [-0.05, 0) is 62.6 Å². The highest BCUT2D eigenvalue weighted by molar-refractivity contribution is 5.67. The Labute approximate surface area is 140 Å². The lowest BCUT2D eigenvalue weighted by Crippen LogP contribution is -2.39. The number of hydrogen-bond donors (Lipinski definition) is 0. The molecule has 0 aromatic carbocycles. The number of rotatable bonds is 7. The molecule has 1 fully saturated rings. The van der Waals surface area contributed by atoms with E-state index in [0.29, 0.717) is 0 Å². The van der Waals surface area contributed by atoms with Crippen LogP contribution in [0.1, 0.15) is 57.9 Å². The number of likely N-dealkylation sites (tertiary alicyclic amines) is 1. The number of unbranched alkanes of at least 4 members (excludes halogenated alkanes) is 1. The average molecular weight is 318 g/mol. The molecule has 23 heavy (non-hydrogen) atoms. The number of nitrogens with zero attached hydrogens (tertiary/aromatic N) is 2. The summed E-state index contributed by atoms with van der Waals surface area (Å²) < 4.78 is 5.40. The topological polar surface area (TPSA) is 42.4 Å². The molecule has 0 saturated carbocycles. The first kappa shape index (κ1) is 17.8. The number of ether oxygens (including phenoxy) is 1. The lowest BCUT2D eigenvalue weighted by Gasteiger charge is -2.32. The summed E-state index contributed by atoms with van der Waals surface area (Å²) in [6, 6.07) is 4.20. The third kappa shape index (κ3) is 6.20. The van der Waals surface area contributed by atoms with E-state index in [0.717, 1.165) is 44.7 Å². The van der Waals surface area contributed by atoms with Crippen molar-refractivity contribution in [3.8, 4) is 0 Å². The maximum atomic E-state index is 12.0. The van der Waals surface area contributed by atoms with Crippen LogP contribution in [0.2, 0.25) is 0 Å². The SMILES string of the molecule is CCC(C)OC(=O)N1CCC(CCCCc2ccncc2)CC1. The molecule has 1 amide bonds. The molecule has 2 rings (SSSR count). The number of amides is 1. The molecule has 0 spiro atoms. The Morgan fingerprint density at radius 1 is 1.30 bits per heavy atom. The molecule has 0 bridgehead atoms. The smallest absolute Gasteiger partial charge is 0.410 e. The van der Waals surface area contributed by atoms with Gasteiger partial charge in [-0.2, -0.15) is 0 Å². The molecule has 1 unspecified atom stereocenters. The van der Waals surface area contributed by atoms with E-state index in [4.69, 9.17) is 4.74 Å². The number of carbonyl (C=O) groups excluding carboxylic acids is 1. The molecule has 0 aliphatic carbocycles. The maximum Gasteiger partial charge on any atom is 0.410 e. The molecule has 128 valence electrons. The highest BCUT2D eigenvalue weighted by atomic mass is 16.6. The fraction of sp³-hybridized carbons (Fsp3) is 0.684. The number of hydrogen-bond acceptors (Lipinski definition) is 3. The lowest BCUT2D eigenvalue weighted by molar-refractivity contribution is 0.0573. The summed E-state index contributed by atoms with van der Waals surface area (Å²) in [5, 5.41) is 0. The van der Waals surface area contributed by atoms with Crippen molar-refractivity contribution in [2.45, 2.75) is 64.9 Å². The van der Waals surface area contributed by atoms with Crippen LogP contribution in [0, 0.1) is 5.92 Å². The zero-order chi connectivity index (χ0) is 16.5. The Balaban J connectivity index is 1.58. The number of pyridine rings is 1. The van der Waals surface area contributed by atoms with Crippen LogP contribution in [0.5, 0.6) is 0 Å². The molecule has 0 N–H and O–H groups in total. The fourth-order valence-electron chi connectivity index (χ4n) is 3.05. The minimum absolute atomic E-state index is 0.0217. The van der Waals surface area contributed by atoms with E-state index in [-0.39, 0.29) is 12.2 Å². The Kier molecular flexibility index (Phi) is 7.37. The summed E-state index contributed by atoms with van der Waals surface area (Å²) in [7, 11) is 0. The van der Waals surface area contributed by atoms with Crippen LogP contribution in [-0.2, 0) is 11.2 Å². The lowest BCUT2D eigenvalue weighted by atomic mass is 9.91. The Morgan fingerprint density at radius 3 is 2.65 bits per heavy atom. The quantitative estimate of drug-likeness (QED) is 0.698. The van der Waals surface area contributed by atoms with Crippen LogP contribution in [0.15, 0.2) is 24.5 Å². The van der Waals surface area contributed by atoms with Crippen LogP contribution >= 0.6 is 0 Å². The molecular weight excluding hydrogens is 288 g/mol. The van der Waals surface area contributed by atoms with E-state index in [1.165, 1.54) is 24.8 Å². The van der Waals surface area contributed by atoms with Crippen LogP contribution in [0.3, 0.4) is 0 Å². The summed E-state index contributed by atoms with van der Waals surface area (Å²) in [5.41, 5.74) is 1.38. The second-order valence-electron chi connectivity index (χ2n) is 6.63. The van der Waals surface area contributed by atoms with Gasteiger partial charge in [-0.3, -0.25) is 4.98 Å². The van der Waals surface area contributed by atoms with Gasteiger partial charge < -0.3 is 9.64 Å². The van der Waals surface area contributed by atoms with Gasteiger partial charge in [-0.15, -0.1) is 0 Å². The second kappa shape index (κ2) is 9.53. The maximum absolute atomic E-state index is 12.0. The van der Waals surface area contributed by atoms with Crippen molar-refractivity contribution in [3.05, 3.63) is 30.1 Å². The van der Waals surface area contributed by atoms with Gasteiger partial charge in [-0.25, -0.2) is 4.79 Å². The van der Waals surface area contributed by atoms with Crippen LogP contribution in [-0.4, -0.2) is 35.2 Å². The highest BCUT2D eigenvalue weighted by Crippen LogP contribution is 2.23. The van der Waals surface area contributed by atoms with Crippen LogP contribution in [0.4, 0.5) is 4.79 Å². The molecule has 1 saturated heterocycles. The number of aromatic nitrogens is 1. The van der Waals surface area contributed by atoms with Crippen molar-refractivity contribution in [1.82, 2.24) is 9.88 Å². The number of carbonyl (C=O) groups is 1. The Morgan fingerprint density at radius 2 is 2.00 bits per heavy atom. The van der Waals surface area contributed by atoms with Gasteiger partial charge in [0, 0.05) is 25.5 Å². The standard InChI is InChI=1S/C19H30N2O2/c1-3-16(2)23-19(22)21-14-10-18(11-15-21)7-5-4-6-17-8-12-20-13-9-17/h8-9,12-13,16,18H,3-7,10-11,14-15H2,1-2H3. The average Bonchev–Trinajstić information content (AvgIpc) is 2.60. The van der Waals surface area contributed by atoms with Crippen molar-refractivity contribution in [1.29, 1.82) is 0 Å². The van der Waals surface area contributed by atoms with E-state index in [1.54, 1.807) is 0 Å². The largest absolute Gasteiger partial charge is 0.446 e. The van der Waals surface area contributed by atoms with Gasteiger partial charge in [0.1, 0.15) is 6.10 Å². The third-order valence-corrected chi connectivity index (χ3v) is 4.83. The van der Waals surface area contributed by atoms with E-state index >= 15 is 0 Å². The van der Waals surface area contributed by atoms with Gasteiger partial charge in [0.25, 0.3) is 0 Å². The van der Waals surface area contributed by atoms with Crippen molar-refractivity contribution < 1.29 is 9.53 Å². The van der Waals surface area contributed by atoms with Gasteiger partial charge in [0.05, 0.1) is 0 Å². The molecule has 1 aliphatic rings. The van der Waals surface area contributed by atoms with Gasteiger partial charge in [-0.1, -0.05) is 19.8 Å². The second-order valence-corrected chi connectivity index (χ2v) is 6.63. The summed E-state index contributed by atoms with van der Waals surface area (Å²) in [5.74, 6) is 0.764. The van der Waals surface area contributed by atoms with Crippen LogP contribution in [0.25, 0.3) is 0 Å². The van der Waals surface area contributed by atoms with E-state index < -0.39 is 0 Å². The predicted molar refractivity (Wildman–Crippen MR) is 92.3 cm³/mol. The molecular formula is C19H30N2O2. The molecule has 4 nitrogen and oxygen atoms in total. The Bertz CT molecular complexity index is 456. The summed E-state index contributed by atoms with van der Waals surface area (Å²) in [6.45, 7) is 5.69. The summed E-state index contributed by atoms with van der Waals surface area (Å²) >= 11 is 0. The monoisotopic (exact) mass is 318 g/mol. The van der Waals surface area contributed by atoms with Crippen molar-refractivity contribution in [2.75, 3.05) is 13.1 Å². The van der Waals surface area contributed by atoms with Crippen molar-refractivity contribution in [2.24, 2.45) is 5.92 Å². The summed E-state index contributed by atoms with van der Waals surface area (Å²) in [6.07, 6.45) is 11.7. The first-order chi connectivity index (χ1) is 11.2. The van der Waals surface area contributed by atoms with E-state index in [1.807, 2.05) is 31.1 Å². The van der Waals surface area contributed by atoms with Gasteiger partial charge in [0.2, 0.25) is 0 Å². The Hall–Kier alpha value is -1.58. The van der Waals surface area contributed by atoms with E-state index in [2.05, 4.69) is 17.1 Å². The highest BCUT2D eigenvalue weighted by Gasteiger charge is 2.24. The molecule has 1 atom stereocenters. The van der Waals surface area contributed by atoms with Gasteiger partial charge in [0.15, 0.2) is 0 Å². The predicted octanol–water partition coefficient (Wildman–Crippen LogP) is 4.44. The van der Waals surface area contributed by atoms with Gasteiger partial charge >= 0.3 is 6.09 Å². The molecule has 1 aromatic heterocycles. The van der Waals surface area contributed by atoms with Crippen molar-refractivity contribution in [3.63, 3.8) is 0 Å². The minimum atomic E-state index is -0.129. The number of piperidine rings is 1. The third-order valence-electron chi connectivity index (χ3n) is 4.83. The zero-order valence-corrected chi connectivity index (χ0v) is 14.5. The fourth-order valence-corrected chi connectivity index (χ4v) is 3.05. The first-order valence-corrected chi connectivity index (χ1v) is 9.03. The first-order valence-electron chi connectivity index (χ1n) is 9.03. The van der Waals surface area contributed by atoms with Crippen molar-refractivity contribution >= 4 is 6.09 Å². The van der Waals surface area contributed by atoms with Crippen LogP contribution < -0.4 is 0 Å².